The van der Waals surface area contributed by atoms with Crippen molar-refractivity contribution in [3.63, 3.8) is 0 Å². The number of esters is 1. The van der Waals surface area contributed by atoms with E-state index in [1.54, 1.807) is 29.2 Å². The van der Waals surface area contributed by atoms with Gasteiger partial charge in [-0.25, -0.2) is 4.79 Å². The smallest absolute Gasteiger partial charge is 0.338 e. The van der Waals surface area contributed by atoms with Gasteiger partial charge in [0.15, 0.2) is 6.61 Å². The molecular formula is C23H26N2O4. The standard InChI is InChI=1S/C23H26N2O4/c1-23(2,3)17-8-10-18(11-9-17)24-20(26)15-29-22(28)16-6-12-19(13-7-16)25-14-4-5-21(25)27/h6-13H,4-5,14-15H2,1-3H3,(H,24,26). The van der Waals surface area contributed by atoms with Gasteiger partial charge < -0.3 is 15.0 Å². The van der Waals surface area contributed by atoms with Gasteiger partial charge in [0.1, 0.15) is 0 Å². The fraction of sp³-hybridized carbons (Fsp3) is 0.348. The monoisotopic (exact) mass is 394 g/mol. The first-order valence-electron chi connectivity index (χ1n) is 9.72. The van der Waals surface area contributed by atoms with Gasteiger partial charge in [0.2, 0.25) is 5.91 Å². The third-order valence-corrected chi connectivity index (χ3v) is 4.86. The van der Waals surface area contributed by atoms with Crippen LogP contribution in [0.5, 0.6) is 0 Å². The first-order valence-corrected chi connectivity index (χ1v) is 9.72. The molecule has 29 heavy (non-hydrogen) atoms. The maximum atomic E-state index is 12.2. The SMILES string of the molecule is CC(C)(C)c1ccc(NC(=O)COC(=O)c2ccc(N3CCCC3=O)cc2)cc1. The molecule has 1 N–H and O–H groups in total. The Morgan fingerprint density at radius 3 is 2.24 bits per heavy atom. The molecule has 1 heterocycles. The maximum Gasteiger partial charge on any atom is 0.338 e. The Morgan fingerprint density at radius 1 is 1.03 bits per heavy atom. The van der Waals surface area contributed by atoms with Gasteiger partial charge in [0, 0.05) is 24.3 Å². The van der Waals surface area contributed by atoms with Crippen LogP contribution >= 0.6 is 0 Å². The molecule has 1 saturated heterocycles. The molecule has 0 radical (unpaired) electrons. The molecule has 2 aromatic rings. The van der Waals surface area contributed by atoms with E-state index in [1.807, 2.05) is 24.3 Å². The summed E-state index contributed by atoms with van der Waals surface area (Å²) < 4.78 is 5.10. The van der Waals surface area contributed by atoms with Gasteiger partial charge in [0.05, 0.1) is 5.56 Å². The van der Waals surface area contributed by atoms with Gasteiger partial charge in [-0.05, 0) is 53.8 Å². The Balaban J connectivity index is 1.51. The van der Waals surface area contributed by atoms with Crippen molar-refractivity contribution >= 4 is 29.2 Å². The maximum absolute atomic E-state index is 12.2. The number of anilines is 2. The van der Waals surface area contributed by atoms with Crippen LogP contribution in [0.3, 0.4) is 0 Å². The molecule has 2 amide bonds. The molecule has 0 bridgehead atoms. The normalized spacial score (nSPS) is 14.0. The van der Waals surface area contributed by atoms with E-state index >= 15 is 0 Å². The summed E-state index contributed by atoms with van der Waals surface area (Å²) in [7, 11) is 0. The number of nitrogens with zero attached hydrogens (tertiary/aromatic N) is 1. The number of hydrogen-bond acceptors (Lipinski definition) is 4. The molecule has 6 nitrogen and oxygen atoms in total. The minimum atomic E-state index is -0.581. The predicted molar refractivity (Wildman–Crippen MR) is 112 cm³/mol. The van der Waals surface area contributed by atoms with Crippen molar-refractivity contribution in [2.45, 2.75) is 39.0 Å². The molecule has 6 heteroatoms. The quantitative estimate of drug-likeness (QED) is 0.780. The molecule has 0 aliphatic carbocycles. The Bertz CT molecular complexity index is 896. The number of rotatable bonds is 5. The third kappa shape index (κ3) is 5.22. The van der Waals surface area contributed by atoms with E-state index in [9.17, 15) is 14.4 Å². The van der Waals surface area contributed by atoms with Crippen LogP contribution < -0.4 is 10.2 Å². The number of nitrogens with one attached hydrogen (secondary N) is 1. The second-order valence-electron chi connectivity index (χ2n) is 8.15. The first-order chi connectivity index (χ1) is 13.7. The molecule has 1 fully saturated rings. The predicted octanol–water partition coefficient (Wildman–Crippen LogP) is 3.91. The van der Waals surface area contributed by atoms with Crippen LogP contribution in [0.2, 0.25) is 0 Å². The molecule has 0 spiro atoms. The van der Waals surface area contributed by atoms with Gasteiger partial charge in [0.25, 0.3) is 5.91 Å². The Hall–Kier alpha value is -3.15. The summed E-state index contributed by atoms with van der Waals surface area (Å²) in [5, 5.41) is 2.72. The largest absolute Gasteiger partial charge is 0.452 e. The van der Waals surface area contributed by atoms with Gasteiger partial charge in [-0.1, -0.05) is 32.9 Å². The van der Waals surface area contributed by atoms with Crippen LogP contribution in [0.15, 0.2) is 48.5 Å². The molecule has 1 aliphatic rings. The summed E-state index contributed by atoms with van der Waals surface area (Å²) in [6.45, 7) is 6.69. The highest BCUT2D eigenvalue weighted by molar-refractivity contribution is 5.97. The van der Waals surface area contributed by atoms with Crippen LogP contribution in [0.4, 0.5) is 11.4 Å². The van der Waals surface area contributed by atoms with Crippen molar-refractivity contribution in [1.29, 1.82) is 0 Å². The van der Waals surface area contributed by atoms with Crippen molar-refractivity contribution in [3.05, 3.63) is 59.7 Å². The zero-order chi connectivity index (χ0) is 21.0. The summed E-state index contributed by atoms with van der Waals surface area (Å²) in [6, 6.07) is 14.2. The van der Waals surface area contributed by atoms with E-state index in [4.69, 9.17) is 4.74 Å². The van der Waals surface area contributed by atoms with E-state index in [0.717, 1.165) is 12.1 Å². The molecular weight excluding hydrogens is 368 g/mol. The van der Waals surface area contributed by atoms with E-state index in [-0.39, 0.29) is 17.9 Å². The third-order valence-electron chi connectivity index (χ3n) is 4.86. The lowest BCUT2D eigenvalue weighted by atomic mass is 9.87. The van der Waals surface area contributed by atoms with E-state index in [0.29, 0.717) is 24.2 Å². The van der Waals surface area contributed by atoms with Crippen molar-refractivity contribution in [2.24, 2.45) is 0 Å². The number of benzene rings is 2. The number of ether oxygens (including phenoxy) is 1. The van der Waals surface area contributed by atoms with Crippen molar-refractivity contribution in [2.75, 3.05) is 23.4 Å². The lowest BCUT2D eigenvalue weighted by Gasteiger charge is -2.19. The Labute approximate surface area is 170 Å². The summed E-state index contributed by atoms with van der Waals surface area (Å²) in [5.41, 5.74) is 2.96. The number of hydrogen-bond donors (Lipinski definition) is 1. The second kappa shape index (κ2) is 8.47. The lowest BCUT2D eigenvalue weighted by molar-refractivity contribution is -0.119. The highest BCUT2D eigenvalue weighted by Crippen LogP contribution is 2.24. The Morgan fingerprint density at radius 2 is 1.69 bits per heavy atom. The summed E-state index contributed by atoms with van der Waals surface area (Å²) in [4.78, 5) is 37.7. The summed E-state index contributed by atoms with van der Waals surface area (Å²) in [6.07, 6.45) is 1.40. The van der Waals surface area contributed by atoms with E-state index < -0.39 is 11.9 Å². The topological polar surface area (TPSA) is 75.7 Å². The van der Waals surface area contributed by atoms with Gasteiger partial charge >= 0.3 is 5.97 Å². The van der Waals surface area contributed by atoms with Crippen LogP contribution in [0, 0.1) is 0 Å². The minimum absolute atomic E-state index is 0.0374. The van der Waals surface area contributed by atoms with Crippen LogP contribution in [0.25, 0.3) is 0 Å². The fourth-order valence-corrected chi connectivity index (χ4v) is 3.16. The van der Waals surface area contributed by atoms with Crippen LogP contribution in [-0.2, 0) is 19.7 Å². The van der Waals surface area contributed by atoms with E-state index in [1.165, 1.54) is 5.56 Å². The highest BCUT2D eigenvalue weighted by Gasteiger charge is 2.22. The van der Waals surface area contributed by atoms with E-state index in [2.05, 4.69) is 26.1 Å². The second-order valence-corrected chi connectivity index (χ2v) is 8.15. The van der Waals surface area contributed by atoms with Gasteiger partial charge in [-0.2, -0.15) is 0 Å². The molecule has 0 saturated carbocycles. The summed E-state index contributed by atoms with van der Waals surface area (Å²) in [5.74, 6) is -0.892. The molecule has 3 rings (SSSR count). The lowest BCUT2D eigenvalue weighted by Crippen LogP contribution is -2.23. The minimum Gasteiger partial charge on any atom is -0.452 e. The van der Waals surface area contributed by atoms with Crippen molar-refractivity contribution in [1.82, 2.24) is 0 Å². The number of carbonyl (C=O) groups is 3. The average Bonchev–Trinajstić information content (AvgIpc) is 3.12. The zero-order valence-electron chi connectivity index (χ0n) is 17.0. The number of carbonyl (C=O) groups excluding carboxylic acids is 3. The van der Waals surface area contributed by atoms with Crippen molar-refractivity contribution < 1.29 is 19.1 Å². The molecule has 0 aromatic heterocycles. The number of amides is 2. The van der Waals surface area contributed by atoms with Gasteiger partial charge in [-0.3, -0.25) is 9.59 Å². The summed E-state index contributed by atoms with van der Waals surface area (Å²) >= 11 is 0. The van der Waals surface area contributed by atoms with Crippen LogP contribution in [-0.4, -0.2) is 30.9 Å². The molecule has 2 aromatic carbocycles. The fourth-order valence-electron chi connectivity index (χ4n) is 3.16. The Kier molecular flexibility index (Phi) is 6.01. The zero-order valence-corrected chi connectivity index (χ0v) is 17.0. The molecule has 152 valence electrons. The first kappa shape index (κ1) is 20.6. The highest BCUT2D eigenvalue weighted by atomic mass is 16.5. The molecule has 0 atom stereocenters. The molecule has 1 aliphatic heterocycles. The average molecular weight is 394 g/mol. The van der Waals surface area contributed by atoms with Crippen LogP contribution in [0.1, 0.15) is 49.5 Å². The van der Waals surface area contributed by atoms with Crippen molar-refractivity contribution in [3.8, 4) is 0 Å². The van der Waals surface area contributed by atoms with Gasteiger partial charge in [-0.15, -0.1) is 0 Å². The molecule has 0 unspecified atom stereocenters.